The zero-order valence-electron chi connectivity index (χ0n) is 13.6. The third-order valence-electron chi connectivity index (χ3n) is 5.84. The van der Waals surface area contributed by atoms with Crippen molar-refractivity contribution in [1.82, 2.24) is 0 Å². The van der Waals surface area contributed by atoms with Gasteiger partial charge >= 0.3 is 11.9 Å². The lowest BCUT2D eigenvalue weighted by molar-refractivity contribution is -0.142. The quantitative estimate of drug-likeness (QED) is 0.577. The molecule has 0 N–H and O–H groups in total. The van der Waals surface area contributed by atoms with Crippen LogP contribution < -0.4 is 0 Å². The van der Waals surface area contributed by atoms with Crippen molar-refractivity contribution in [2.75, 3.05) is 14.2 Å². The van der Waals surface area contributed by atoms with Gasteiger partial charge in [0.1, 0.15) is 0 Å². The third-order valence-corrected chi connectivity index (χ3v) is 5.84. The van der Waals surface area contributed by atoms with Gasteiger partial charge in [0.25, 0.3) is 0 Å². The molecule has 5 nitrogen and oxygen atoms in total. The van der Waals surface area contributed by atoms with Gasteiger partial charge < -0.3 is 14.2 Å². The molecule has 5 heteroatoms. The summed E-state index contributed by atoms with van der Waals surface area (Å²) in [5.74, 6) is -0.897. The van der Waals surface area contributed by atoms with Crippen LogP contribution in [0.1, 0.15) is 38.5 Å². The van der Waals surface area contributed by atoms with Gasteiger partial charge in [0.15, 0.2) is 0 Å². The van der Waals surface area contributed by atoms with E-state index in [4.69, 9.17) is 14.2 Å². The van der Waals surface area contributed by atoms with Crippen LogP contribution in [0.25, 0.3) is 0 Å². The van der Waals surface area contributed by atoms with Gasteiger partial charge in [0, 0.05) is 11.8 Å². The molecular weight excluding hydrogens is 296 g/mol. The molecule has 0 radical (unpaired) electrons. The summed E-state index contributed by atoms with van der Waals surface area (Å²) in [5.41, 5.74) is 3.73. The van der Waals surface area contributed by atoms with E-state index in [0.717, 1.165) is 12.8 Å². The maximum atomic E-state index is 12.2. The number of fused-ring (bicyclic) bond motifs is 7. The van der Waals surface area contributed by atoms with E-state index in [1.54, 1.807) is 0 Å². The third kappa shape index (κ3) is 1.95. The molecule has 0 unspecified atom stereocenters. The second kappa shape index (κ2) is 5.48. The van der Waals surface area contributed by atoms with Crippen molar-refractivity contribution in [3.8, 4) is 0 Å². The van der Waals surface area contributed by atoms with Gasteiger partial charge in [-0.3, -0.25) is 0 Å². The zero-order valence-corrected chi connectivity index (χ0v) is 13.6. The Labute approximate surface area is 135 Å². The lowest BCUT2D eigenvalue weighted by Crippen LogP contribution is -2.46. The van der Waals surface area contributed by atoms with Crippen molar-refractivity contribution in [3.05, 3.63) is 22.3 Å². The van der Waals surface area contributed by atoms with Gasteiger partial charge in [-0.05, 0) is 36.8 Å². The summed E-state index contributed by atoms with van der Waals surface area (Å²) in [5, 5.41) is 0. The van der Waals surface area contributed by atoms with Crippen molar-refractivity contribution in [2.45, 2.75) is 50.7 Å². The molecule has 0 aromatic rings. The van der Waals surface area contributed by atoms with Crippen LogP contribution in [-0.4, -0.2) is 38.4 Å². The summed E-state index contributed by atoms with van der Waals surface area (Å²) in [6.45, 7) is 0. The number of hydrogen-bond acceptors (Lipinski definition) is 5. The predicted molar refractivity (Wildman–Crippen MR) is 81.4 cm³/mol. The number of carbonyl (C=O) groups is 2. The second-order valence-electron chi connectivity index (χ2n) is 6.80. The fourth-order valence-corrected chi connectivity index (χ4v) is 4.89. The van der Waals surface area contributed by atoms with Gasteiger partial charge in [0.05, 0.1) is 37.6 Å². The number of methoxy groups -OCH3 is 2. The van der Waals surface area contributed by atoms with Gasteiger partial charge in [-0.25, -0.2) is 9.59 Å². The first-order chi connectivity index (χ1) is 11.2. The van der Waals surface area contributed by atoms with Crippen LogP contribution in [0, 0.1) is 11.8 Å². The summed E-state index contributed by atoms with van der Waals surface area (Å²) < 4.78 is 16.0. The molecule has 2 aliphatic carbocycles. The van der Waals surface area contributed by atoms with Crippen molar-refractivity contribution in [3.63, 3.8) is 0 Å². The van der Waals surface area contributed by atoms with E-state index in [2.05, 4.69) is 0 Å². The van der Waals surface area contributed by atoms with Gasteiger partial charge in [0.2, 0.25) is 0 Å². The molecule has 0 saturated carbocycles. The maximum Gasteiger partial charge on any atom is 0.334 e. The van der Waals surface area contributed by atoms with E-state index < -0.39 is 11.9 Å². The van der Waals surface area contributed by atoms with Gasteiger partial charge in [-0.2, -0.15) is 0 Å². The molecule has 0 amide bonds. The van der Waals surface area contributed by atoms with Crippen LogP contribution in [0.15, 0.2) is 22.3 Å². The Morgan fingerprint density at radius 2 is 1.26 bits per heavy atom. The largest absolute Gasteiger partial charge is 0.466 e. The predicted octanol–water partition coefficient (Wildman–Crippen LogP) is 2.31. The highest BCUT2D eigenvalue weighted by Crippen LogP contribution is 2.61. The fourth-order valence-electron chi connectivity index (χ4n) is 4.89. The minimum atomic E-state index is -0.421. The van der Waals surface area contributed by atoms with Crippen molar-refractivity contribution in [1.29, 1.82) is 0 Å². The van der Waals surface area contributed by atoms with Crippen LogP contribution in [0.4, 0.5) is 0 Å². The molecule has 4 aliphatic rings. The first-order valence-electron chi connectivity index (χ1n) is 8.47. The highest BCUT2D eigenvalue weighted by molar-refractivity contribution is 6.05. The molecule has 0 spiro atoms. The number of ether oxygens (including phenoxy) is 3. The van der Waals surface area contributed by atoms with E-state index in [1.807, 2.05) is 0 Å². The molecule has 0 aromatic carbocycles. The Morgan fingerprint density at radius 3 is 1.65 bits per heavy atom. The molecule has 4 rings (SSSR count). The molecule has 2 bridgehead atoms. The van der Waals surface area contributed by atoms with Crippen molar-refractivity contribution >= 4 is 11.9 Å². The number of hydrogen-bond donors (Lipinski definition) is 0. The highest BCUT2D eigenvalue weighted by atomic mass is 16.5. The summed E-state index contributed by atoms with van der Waals surface area (Å²) in [6.07, 6.45) is 6.92. The molecule has 0 aromatic heterocycles. The highest BCUT2D eigenvalue weighted by Gasteiger charge is 2.64. The molecular formula is C18H22O5. The minimum absolute atomic E-state index is 0.0280. The first kappa shape index (κ1) is 14.9. The molecule has 1 fully saturated rings. The normalized spacial score (nSPS) is 35.0. The van der Waals surface area contributed by atoms with Crippen LogP contribution in [0.2, 0.25) is 0 Å². The topological polar surface area (TPSA) is 61.8 Å². The molecule has 1 saturated heterocycles. The molecule has 124 valence electrons. The van der Waals surface area contributed by atoms with Crippen LogP contribution in [-0.2, 0) is 23.8 Å². The van der Waals surface area contributed by atoms with Gasteiger partial charge in [-0.15, -0.1) is 0 Å². The van der Waals surface area contributed by atoms with Crippen molar-refractivity contribution < 1.29 is 23.8 Å². The van der Waals surface area contributed by atoms with E-state index in [9.17, 15) is 9.59 Å². The summed E-state index contributed by atoms with van der Waals surface area (Å²) in [4.78, 5) is 24.3. The minimum Gasteiger partial charge on any atom is -0.466 e. The molecule has 4 atom stereocenters. The van der Waals surface area contributed by atoms with Crippen LogP contribution in [0.5, 0.6) is 0 Å². The SMILES string of the molecule is COC(=O)C1=C(C(=O)OC)[C@H]2[C@@H]1[C@@H]1O[C@H]2C2=C1CCCCCC2. The molecule has 23 heavy (non-hydrogen) atoms. The lowest BCUT2D eigenvalue weighted by atomic mass is 9.59. The number of carbonyl (C=O) groups excluding carboxylic acids is 2. The Bertz CT molecular complexity index is 577. The van der Waals surface area contributed by atoms with E-state index in [-0.39, 0.29) is 24.0 Å². The Kier molecular flexibility index (Phi) is 3.56. The average Bonchev–Trinajstić information content (AvgIpc) is 2.97. The average molecular weight is 318 g/mol. The van der Waals surface area contributed by atoms with Crippen molar-refractivity contribution in [2.24, 2.45) is 11.8 Å². The smallest absolute Gasteiger partial charge is 0.334 e. The maximum absolute atomic E-state index is 12.2. The van der Waals surface area contributed by atoms with E-state index in [0.29, 0.717) is 11.1 Å². The number of rotatable bonds is 2. The van der Waals surface area contributed by atoms with E-state index >= 15 is 0 Å². The zero-order chi connectivity index (χ0) is 16.1. The van der Waals surface area contributed by atoms with Gasteiger partial charge in [-0.1, -0.05) is 12.8 Å². The summed E-state index contributed by atoms with van der Waals surface area (Å²) >= 11 is 0. The summed E-state index contributed by atoms with van der Waals surface area (Å²) in [6, 6.07) is 0. The Hall–Kier alpha value is -1.62. The Morgan fingerprint density at radius 1 is 0.826 bits per heavy atom. The summed E-state index contributed by atoms with van der Waals surface area (Å²) in [7, 11) is 2.71. The van der Waals surface area contributed by atoms with E-state index in [1.165, 1.54) is 51.0 Å². The molecule has 2 heterocycles. The van der Waals surface area contributed by atoms with Crippen LogP contribution in [0.3, 0.4) is 0 Å². The Balaban J connectivity index is 1.72. The monoisotopic (exact) mass is 318 g/mol. The standard InChI is InChI=1S/C18H22O5/c1-21-17(19)13-11-12(14(13)18(20)22-2)16-10-8-6-4-3-5-7-9(10)15(11)23-16/h11-12,15-16H,3-8H2,1-2H3/t11-,12+,15+,16-. The number of esters is 2. The second-order valence-corrected chi connectivity index (χ2v) is 6.80. The fraction of sp³-hybridized carbons (Fsp3) is 0.667. The lowest BCUT2D eigenvalue weighted by Gasteiger charge is -2.41. The first-order valence-corrected chi connectivity index (χ1v) is 8.47. The molecule has 2 aliphatic heterocycles. The van der Waals surface area contributed by atoms with Crippen LogP contribution >= 0.6 is 0 Å².